The van der Waals surface area contributed by atoms with Crippen LogP contribution in [0.5, 0.6) is 0 Å². The summed E-state index contributed by atoms with van der Waals surface area (Å²) in [5.74, 6) is 1.81. The first-order valence-corrected chi connectivity index (χ1v) is 10.4. The molecule has 156 valence electrons. The molecule has 1 aromatic heterocycles. The SMILES string of the molecule is CCCCCC(C)NC(=NCCCn1nc2n(c1=O)CCCC2)NCC.I. The van der Waals surface area contributed by atoms with Crippen molar-refractivity contribution in [3.8, 4) is 0 Å². The standard InChI is InChI=1S/C19H36N6O.HI/c1-4-6-7-11-16(3)22-18(20-5-2)21-13-10-15-25-19(26)24-14-9-8-12-17(24)23-25;/h16H,4-15H2,1-3H3,(H2,20,21,22);1H. The minimum absolute atomic E-state index is 0. The summed E-state index contributed by atoms with van der Waals surface area (Å²) in [6.07, 6.45) is 8.89. The monoisotopic (exact) mass is 492 g/mol. The van der Waals surface area contributed by atoms with E-state index in [1.165, 1.54) is 19.3 Å². The van der Waals surface area contributed by atoms with E-state index in [0.717, 1.165) is 57.0 Å². The van der Waals surface area contributed by atoms with E-state index in [1.54, 1.807) is 4.68 Å². The molecule has 0 saturated heterocycles. The molecule has 0 radical (unpaired) electrons. The number of aryl methyl sites for hydroxylation is 2. The molecule has 0 saturated carbocycles. The van der Waals surface area contributed by atoms with Crippen molar-refractivity contribution in [3.63, 3.8) is 0 Å². The Morgan fingerprint density at radius 2 is 2.07 bits per heavy atom. The second kappa shape index (κ2) is 13.2. The molecule has 2 heterocycles. The number of aromatic nitrogens is 3. The van der Waals surface area contributed by atoms with Crippen molar-refractivity contribution in [1.82, 2.24) is 25.0 Å². The molecule has 0 bridgehead atoms. The quantitative estimate of drug-likeness (QED) is 0.228. The maximum atomic E-state index is 12.3. The van der Waals surface area contributed by atoms with Crippen LogP contribution in [-0.2, 0) is 19.5 Å². The Morgan fingerprint density at radius 3 is 2.78 bits per heavy atom. The normalized spacial score (nSPS) is 15.0. The van der Waals surface area contributed by atoms with Gasteiger partial charge in [0.1, 0.15) is 5.82 Å². The van der Waals surface area contributed by atoms with Gasteiger partial charge in [-0.25, -0.2) is 9.48 Å². The van der Waals surface area contributed by atoms with Crippen LogP contribution in [0.1, 0.15) is 71.5 Å². The number of rotatable bonds is 10. The number of guanidine groups is 1. The van der Waals surface area contributed by atoms with Gasteiger partial charge in [0.15, 0.2) is 5.96 Å². The number of fused-ring (bicyclic) bond motifs is 1. The van der Waals surface area contributed by atoms with Crippen LogP contribution in [0.2, 0.25) is 0 Å². The van der Waals surface area contributed by atoms with Gasteiger partial charge in [-0.2, -0.15) is 5.10 Å². The van der Waals surface area contributed by atoms with Crippen LogP contribution in [0.25, 0.3) is 0 Å². The highest BCUT2D eigenvalue weighted by molar-refractivity contribution is 14.0. The van der Waals surface area contributed by atoms with Gasteiger partial charge in [0.05, 0.1) is 0 Å². The van der Waals surface area contributed by atoms with Crippen molar-refractivity contribution < 1.29 is 0 Å². The highest BCUT2D eigenvalue weighted by Gasteiger charge is 2.16. The van der Waals surface area contributed by atoms with Crippen LogP contribution in [0.4, 0.5) is 0 Å². The summed E-state index contributed by atoms with van der Waals surface area (Å²) in [7, 11) is 0. The number of aliphatic imine (C=N–C) groups is 1. The van der Waals surface area contributed by atoms with Gasteiger partial charge >= 0.3 is 5.69 Å². The van der Waals surface area contributed by atoms with Gasteiger partial charge in [0, 0.05) is 38.6 Å². The molecule has 0 amide bonds. The number of unbranched alkanes of at least 4 members (excludes halogenated alkanes) is 2. The van der Waals surface area contributed by atoms with Gasteiger partial charge in [-0.1, -0.05) is 26.2 Å². The summed E-state index contributed by atoms with van der Waals surface area (Å²) in [6.45, 7) is 9.49. The van der Waals surface area contributed by atoms with Crippen molar-refractivity contribution in [2.75, 3.05) is 13.1 Å². The molecule has 1 unspecified atom stereocenters. The minimum atomic E-state index is 0. The van der Waals surface area contributed by atoms with Crippen molar-refractivity contribution in [2.45, 2.75) is 91.3 Å². The maximum absolute atomic E-state index is 12.3. The van der Waals surface area contributed by atoms with Gasteiger partial charge in [-0.05, 0) is 39.5 Å². The third-order valence-electron chi connectivity index (χ3n) is 4.80. The van der Waals surface area contributed by atoms with Crippen LogP contribution in [0, 0.1) is 0 Å². The van der Waals surface area contributed by atoms with Crippen molar-refractivity contribution in [2.24, 2.45) is 4.99 Å². The molecule has 2 N–H and O–H groups in total. The summed E-state index contributed by atoms with van der Waals surface area (Å²) in [5.41, 5.74) is 0.0401. The lowest BCUT2D eigenvalue weighted by atomic mass is 10.1. The van der Waals surface area contributed by atoms with Gasteiger partial charge in [-0.15, -0.1) is 24.0 Å². The Labute approximate surface area is 180 Å². The first-order chi connectivity index (χ1) is 12.7. The molecule has 0 spiro atoms. The molecule has 7 nitrogen and oxygen atoms in total. The largest absolute Gasteiger partial charge is 0.357 e. The zero-order valence-corrected chi connectivity index (χ0v) is 19.5. The molecule has 27 heavy (non-hydrogen) atoms. The molecule has 0 aromatic carbocycles. The van der Waals surface area contributed by atoms with E-state index in [0.29, 0.717) is 19.1 Å². The van der Waals surface area contributed by atoms with Crippen LogP contribution >= 0.6 is 24.0 Å². The van der Waals surface area contributed by atoms with Gasteiger partial charge < -0.3 is 10.6 Å². The third-order valence-corrected chi connectivity index (χ3v) is 4.80. The van der Waals surface area contributed by atoms with Gasteiger partial charge in [-0.3, -0.25) is 9.56 Å². The Bertz CT molecular complexity index is 624. The third kappa shape index (κ3) is 7.83. The molecule has 2 rings (SSSR count). The van der Waals surface area contributed by atoms with E-state index in [1.807, 2.05) is 4.57 Å². The zero-order chi connectivity index (χ0) is 18.8. The molecule has 0 aliphatic carbocycles. The van der Waals surface area contributed by atoms with Crippen molar-refractivity contribution in [3.05, 3.63) is 16.3 Å². The Balaban J connectivity index is 0.00000364. The molecule has 8 heteroatoms. The lowest BCUT2D eigenvalue weighted by Crippen LogP contribution is -2.42. The van der Waals surface area contributed by atoms with E-state index in [9.17, 15) is 4.79 Å². The number of nitrogens with one attached hydrogen (secondary N) is 2. The first kappa shape index (κ1) is 24.0. The molecule has 0 fully saturated rings. The van der Waals surface area contributed by atoms with Gasteiger partial charge in [0.2, 0.25) is 0 Å². The number of nitrogens with zero attached hydrogens (tertiary/aromatic N) is 4. The fourth-order valence-electron chi connectivity index (χ4n) is 3.33. The Morgan fingerprint density at radius 1 is 1.26 bits per heavy atom. The molecule has 1 aliphatic heterocycles. The van der Waals surface area contributed by atoms with E-state index < -0.39 is 0 Å². The summed E-state index contributed by atoms with van der Waals surface area (Å²) >= 11 is 0. The first-order valence-electron chi connectivity index (χ1n) is 10.4. The van der Waals surface area contributed by atoms with Crippen LogP contribution < -0.4 is 16.3 Å². The summed E-state index contributed by atoms with van der Waals surface area (Å²) in [6, 6.07) is 0.418. The van der Waals surface area contributed by atoms with E-state index in [-0.39, 0.29) is 29.7 Å². The van der Waals surface area contributed by atoms with Crippen LogP contribution in [0.15, 0.2) is 9.79 Å². The lowest BCUT2D eigenvalue weighted by molar-refractivity contribution is 0.509. The topological polar surface area (TPSA) is 76.2 Å². The van der Waals surface area contributed by atoms with E-state index >= 15 is 0 Å². The summed E-state index contributed by atoms with van der Waals surface area (Å²) in [4.78, 5) is 17.0. The molecule has 1 atom stereocenters. The Hall–Kier alpha value is -1.06. The number of hydrogen-bond acceptors (Lipinski definition) is 3. The maximum Gasteiger partial charge on any atom is 0.345 e. The predicted octanol–water partition coefficient (Wildman–Crippen LogP) is 2.91. The lowest BCUT2D eigenvalue weighted by Gasteiger charge is -2.17. The predicted molar refractivity (Wildman–Crippen MR) is 122 cm³/mol. The van der Waals surface area contributed by atoms with Crippen molar-refractivity contribution >= 4 is 29.9 Å². The molecular formula is C19H37IN6O. The van der Waals surface area contributed by atoms with Crippen LogP contribution in [0.3, 0.4) is 0 Å². The minimum Gasteiger partial charge on any atom is -0.357 e. The average molecular weight is 492 g/mol. The van der Waals surface area contributed by atoms with Crippen molar-refractivity contribution in [1.29, 1.82) is 0 Å². The smallest absolute Gasteiger partial charge is 0.345 e. The van der Waals surface area contributed by atoms with Crippen LogP contribution in [-0.4, -0.2) is 39.4 Å². The van der Waals surface area contributed by atoms with E-state index in [4.69, 9.17) is 0 Å². The average Bonchev–Trinajstić information content (AvgIpc) is 2.95. The Kier molecular flexibility index (Phi) is 11.7. The molecule has 1 aromatic rings. The second-order valence-electron chi connectivity index (χ2n) is 7.19. The van der Waals surface area contributed by atoms with Gasteiger partial charge in [0.25, 0.3) is 0 Å². The fraction of sp³-hybridized carbons (Fsp3) is 0.842. The highest BCUT2D eigenvalue weighted by atomic mass is 127. The summed E-state index contributed by atoms with van der Waals surface area (Å²) in [5, 5.41) is 11.3. The fourth-order valence-corrected chi connectivity index (χ4v) is 3.33. The van der Waals surface area contributed by atoms with E-state index in [2.05, 4.69) is 41.5 Å². The number of halogens is 1. The highest BCUT2D eigenvalue weighted by Crippen LogP contribution is 2.09. The number of hydrogen-bond donors (Lipinski definition) is 2. The zero-order valence-electron chi connectivity index (χ0n) is 17.2. The molecular weight excluding hydrogens is 455 g/mol. The second-order valence-corrected chi connectivity index (χ2v) is 7.19. The summed E-state index contributed by atoms with van der Waals surface area (Å²) < 4.78 is 3.44. The molecule has 1 aliphatic rings.